The highest BCUT2D eigenvalue weighted by Crippen LogP contribution is 2.42. The van der Waals surface area contributed by atoms with Crippen LogP contribution in [0.15, 0.2) is 176 Å². The second-order valence-corrected chi connectivity index (χ2v) is 13.6. The molecule has 0 radical (unpaired) electrons. The maximum atomic E-state index is 5.19. The Morgan fingerprint density at radius 2 is 1.08 bits per heavy atom. The van der Waals surface area contributed by atoms with E-state index in [0.29, 0.717) is 0 Å². The molecule has 50 heavy (non-hydrogen) atoms. The summed E-state index contributed by atoms with van der Waals surface area (Å²) in [5, 5.41) is 3.67. The summed E-state index contributed by atoms with van der Waals surface area (Å²) in [6.07, 6.45) is 0. The topological polar surface area (TPSA) is 30.7 Å². The predicted molar refractivity (Wildman–Crippen MR) is 211 cm³/mol. The van der Waals surface area contributed by atoms with Crippen LogP contribution in [0.4, 0.5) is 0 Å². The molecule has 0 saturated heterocycles. The van der Waals surface area contributed by atoms with Crippen molar-refractivity contribution in [1.82, 2.24) is 14.5 Å². The number of aromatic nitrogens is 3. The normalized spacial score (nSPS) is 11.6. The van der Waals surface area contributed by atoms with Crippen LogP contribution in [-0.4, -0.2) is 14.5 Å². The smallest absolute Gasteiger partial charge is 0.160 e. The number of para-hydroxylation sites is 3. The van der Waals surface area contributed by atoms with Crippen LogP contribution in [0.2, 0.25) is 0 Å². The van der Waals surface area contributed by atoms with Crippen molar-refractivity contribution in [3.05, 3.63) is 176 Å². The molecule has 0 aliphatic rings. The molecule has 0 spiro atoms. The van der Waals surface area contributed by atoms with Gasteiger partial charge in [0.05, 0.1) is 26.9 Å². The summed E-state index contributed by atoms with van der Waals surface area (Å²) in [5.41, 5.74) is 12.4. The molecule has 0 N–H and O–H groups in total. The lowest BCUT2D eigenvalue weighted by Crippen LogP contribution is -1.95. The monoisotopic (exact) mass is 655 g/mol. The highest BCUT2D eigenvalue weighted by molar-refractivity contribution is 7.26. The first-order valence-electron chi connectivity index (χ1n) is 16.8. The van der Waals surface area contributed by atoms with Crippen molar-refractivity contribution >= 4 is 53.4 Å². The van der Waals surface area contributed by atoms with Crippen molar-refractivity contribution in [2.45, 2.75) is 0 Å². The van der Waals surface area contributed by atoms with E-state index in [1.807, 2.05) is 24.3 Å². The fourth-order valence-electron chi connectivity index (χ4n) is 7.27. The summed E-state index contributed by atoms with van der Waals surface area (Å²) in [4.78, 5) is 10.3. The van der Waals surface area contributed by atoms with E-state index in [0.717, 1.165) is 43.9 Å². The number of nitrogens with zero attached hydrogens (tertiary/aromatic N) is 3. The van der Waals surface area contributed by atoms with Gasteiger partial charge in [0.1, 0.15) is 0 Å². The number of hydrogen-bond acceptors (Lipinski definition) is 3. The van der Waals surface area contributed by atoms with E-state index in [9.17, 15) is 0 Å². The molecule has 3 nitrogen and oxygen atoms in total. The van der Waals surface area contributed by atoms with Gasteiger partial charge in [0.15, 0.2) is 5.82 Å². The molecule has 0 aliphatic carbocycles. The van der Waals surface area contributed by atoms with Gasteiger partial charge in [0.25, 0.3) is 0 Å². The van der Waals surface area contributed by atoms with Gasteiger partial charge >= 0.3 is 0 Å². The van der Waals surface area contributed by atoms with Crippen LogP contribution in [0.5, 0.6) is 0 Å². The minimum absolute atomic E-state index is 0.744. The Morgan fingerprint density at radius 3 is 1.86 bits per heavy atom. The molecule has 0 saturated carbocycles. The molecule has 10 aromatic rings. The number of thiophene rings is 1. The van der Waals surface area contributed by atoms with Gasteiger partial charge in [-0.2, -0.15) is 0 Å². The molecule has 0 unspecified atom stereocenters. The summed E-state index contributed by atoms with van der Waals surface area (Å²) in [5.74, 6) is 0.744. The summed E-state index contributed by atoms with van der Waals surface area (Å²) >= 11 is 1.77. The first-order chi connectivity index (χ1) is 24.8. The maximum absolute atomic E-state index is 5.19. The summed E-state index contributed by atoms with van der Waals surface area (Å²) in [6.45, 7) is 0. The van der Waals surface area contributed by atoms with E-state index >= 15 is 0 Å². The van der Waals surface area contributed by atoms with E-state index < -0.39 is 0 Å². The number of fused-ring (bicyclic) bond motifs is 6. The molecular weight excluding hydrogens is 627 g/mol. The molecule has 4 heteroatoms. The minimum atomic E-state index is 0.744. The molecule has 10 rings (SSSR count). The third kappa shape index (κ3) is 4.65. The third-order valence-electron chi connectivity index (χ3n) is 9.63. The molecule has 0 atom stereocenters. The standard InChI is InChI=1S/C46H29N3S/c1-4-13-32(14-5-1)42-45-43(48-46(47-42)33-15-6-2-7-16-33)39-29-34(27-28-41(39)50-45)30-23-25-31(26-24-30)36-20-12-21-38-37-19-10-11-22-40(37)49(44(36)38)35-17-8-3-9-18-35/h1-29H. The van der Waals surface area contributed by atoms with Gasteiger partial charge in [-0.25, -0.2) is 9.97 Å². The van der Waals surface area contributed by atoms with Crippen LogP contribution in [0, 0.1) is 0 Å². The van der Waals surface area contributed by atoms with Crippen molar-refractivity contribution in [2.24, 2.45) is 0 Å². The predicted octanol–water partition coefficient (Wildman–Crippen LogP) is 12.6. The van der Waals surface area contributed by atoms with E-state index in [1.54, 1.807) is 11.3 Å². The van der Waals surface area contributed by atoms with Crippen molar-refractivity contribution in [1.29, 1.82) is 0 Å². The lowest BCUT2D eigenvalue weighted by atomic mass is 9.98. The zero-order valence-corrected chi connectivity index (χ0v) is 27.8. The van der Waals surface area contributed by atoms with Gasteiger partial charge in [0, 0.05) is 43.2 Å². The number of rotatable bonds is 5. The molecular formula is C46H29N3S. The first-order valence-corrected chi connectivity index (χ1v) is 17.7. The fraction of sp³-hybridized carbons (Fsp3) is 0. The lowest BCUT2D eigenvalue weighted by Gasteiger charge is -2.12. The van der Waals surface area contributed by atoms with Gasteiger partial charge in [-0.3, -0.25) is 0 Å². The molecule has 0 amide bonds. The summed E-state index contributed by atoms with van der Waals surface area (Å²) in [6, 6.07) is 62.5. The van der Waals surface area contributed by atoms with Gasteiger partial charge in [-0.15, -0.1) is 11.3 Å². The third-order valence-corrected chi connectivity index (χ3v) is 10.8. The first kappa shape index (κ1) is 28.6. The highest BCUT2D eigenvalue weighted by atomic mass is 32.1. The van der Waals surface area contributed by atoms with Crippen LogP contribution in [0.25, 0.3) is 92.7 Å². The van der Waals surface area contributed by atoms with E-state index in [1.165, 1.54) is 48.8 Å². The summed E-state index contributed by atoms with van der Waals surface area (Å²) in [7, 11) is 0. The quantitative estimate of drug-likeness (QED) is 0.185. The van der Waals surface area contributed by atoms with E-state index in [-0.39, 0.29) is 0 Å². The van der Waals surface area contributed by atoms with Crippen LogP contribution in [0.1, 0.15) is 0 Å². The van der Waals surface area contributed by atoms with Crippen molar-refractivity contribution in [3.63, 3.8) is 0 Å². The maximum Gasteiger partial charge on any atom is 0.160 e. The second-order valence-electron chi connectivity index (χ2n) is 12.6. The average Bonchev–Trinajstić information content (AvgIpc) is 3.74. The zero-order valence-electron chi connectivity index (χ0n) is 27.0. The van der Waals surface area contributed by atoms with Gasteiger partial charge in [-0.05, 0) is 47.0 Å². The molecule has 234 valence electrons. The molecule has 3 aromatic heterocycles. The lowest BCUT2D eigenvalue weighted by molar-refractivity contribution is 1.18. The molecule has 7 aromatic carbocycles. The van der Waals surface area contributed by atoms with Crippen molar-refractivity contribution in [3.8, 4) is 50.6 Å². The van der Waals surface area contributed by atoms with Gasteiger partial charge in [0.2, 0.25) is 0 Å². The van der Waals surface area contributed by atoms with Gasteiger partial charge in [-0.1, -0.05) is 146 Å². The van der Waals surface area contributed by atoms with Gasteiger partial charge < -0.3 is 4.57 Å². The van der Waals surface area contributed by atoms with Crippen LogP contribution < -0.4 is 0 Å². The second kappa shape index (κ2) is 11.7. The average molecular weight is 656 g/mol. The SMILES string of the molecule is c1ccc(-c2nc(-c3ccccc3)c3sc4ccc(-c5ccc(-c6cccc7c8ccccc8n(-c8ccccc8)c67)cc5)cc4c3n2)cc1. The Hall–Kier alpha value is -6.36. The molecule has 3 heterocycles. The van der Waals surface area contributed by atoms with E-state index in [2.05, 4.69) is 156 Å². The van der Waals surface area contributed by atoms with Crippen molar-refractivity contribution < 1.29 is 0 Å². The highest BCUT2D eigenvalue weighted by Gasteiger charge is 2.18. The Labute approximate surface area is 293 Å². The zero-order chi connectivity index (χ0) is 33.0. The van der Waals surface area contributed by atoms with Crippen LogP contribution in [-0.2, 0) is 0 Å². The largest absolute Gasteiger partial charge is 0.309 e. The Bertz CT molecular complexity index is 2840. The Morgan fingerprint density at radius 1 is 0.440 bits per heavy atom. The molecule has 0 aliphatic heterocycles. The van der Waals surface area contributed by atoms with Crippen LogP contribution >= 0.6 is 11.3 Å². The number of benzene rings is 7. The minimum Gasteiger partial charge on any atom is -0.309 e. The Kier molecular flexibility index (Phi) is 6.68. The fourth-order valence-corrected chi connectivity index (χ4v) is 8.40. The van der Waals surface area contributed by atoms with Crippen LogP contribution in [0.3, 0.4) is 0 Å². The Balaban J connectivity index is 1.11. The molecule has 0 fully saturated rings. The molecule has 0 bridgehead atoms. The number of hydrogen-bond donors (Lipinski definition) is 0. The van der Waals surface area contributed by atoms with Crippen molar-refractivity contribution in [2.75, 3.05) is 0 Å². The summed E-state index contributed by atoms with van der Waals surface area (Å²) < 4.78 is 4.72. The van der Waals surface area contributed by atoms with E-state index in [4.69, 9.17) is 9.97 Å².